The lowest BCUT2D eigenvalue weighted by Crippen LogP contribution is -2.07. The van der Waals surface area contributed by atoms with Crippen LogP contribution < -0.4 is 10.1 Å². The smallest absolute Gasteiger partial charge is 0.350 e. The predicted molar refractivity (Wildman–Crippen MR) is 108 cm³/mol. The topological polar surface area (TPSA) is 90.4 Å². The first-order chi connectivity index (χ1) is 13.4. The number of amides is 1. The second kappa shape index (κ2) is 9.13. The Morgan fingerprint density at radius 2 is 1.93 bits per heavy atom. The van der Waals surface area contributed by atoms with Crippen molar-refractivity contribution in [1.82, 2.24) is 9.97 Å². The molecule has 1 amide bonds. The molecule has 28 heavy (non-hydrogen) atoms. The van der Waals surface area contributed by atoms with E-state index in [0.29, 0.717) is 37.2 Å². The molecule has 0 bridgehead atoms. The molecule has 0 unspecified atom stereocenters. The van der Waals surface area contributed by atoms with Gasteiger partial charge in [0, 0.05) is 17.3 Å². The summed E-state index contributed by atoms with van der Waals surface area (Å²) in [6.45, 7) is 3.41. The number of hydrogen-bond donors (Lipinski definition) is 1. The quantitative estimate of drug-likeness (QED) is 0.549. The number of carbonyl (C=O) groups excluding carboxylic acids is 2. The lowest BCUT2D eigenvalue weighted by atomic mass is 10.3. The number of aryl methyl sites for hydroxylation is 1. The molecule has 0 saturated carbocycles. The first kappa shape index (κ1) is 20.2. The van der Waals surface area contributed by atoms with Crippen molar-refractivity contribution in [3.05, 3.63) is 55.9 Å². The molecule has 10 heteroatoms. The Labute approximate surface area is 174 Å². The predicted octanol–water partition coefficient (Wildman–Crippen LogP) is 4.46. The van der Waals surface area contributed by atoms with Crippen LogP contribution in [0.3, 0.4) is 0 Å². The zero-order chi connectivity index (χ0) is 20.1. The minimum atomic E-state index is -0.471. The number of anilines is 1. The van der Waals surface area contributed by atoms with E-state index in [4.69, 9.17) is 21.1 Å². The number of rotatable bonds is 7. The van der Waals surface area contributed by atoms with Gasteiger partial charge in [0.15, 0.2) is 5.13 Å². The van der Waals surface area contributed by atoms with Gasteiger partial charge < -0.3 is 14.8 Å². The first-order valence-electron chi connectivity index (χ1n) is 8.14. The van der Waals surface area contributed by atoms with E-state index >= 15 is 0 Å². The van der Waals surface area contributed by atoms with Crippen LogP contribution in [0.1, 0.15) is 33.0 Å². The van der Waals surface area contributed by atoms with Crippen LogP contribution in [0, 0.1) is 6.92 Å². The van der Waals surface area contributed by atoms with Crippen molar-refractivity contribution < 1.29 is 19.1 Å². The first-order valence-corrected chi connectivity index (χ1v) is 10.2. The van der Waals surface area contributed by atoms with Crippen LogP contribution in [-0.4, -0.2) is 21.8 Å². The fraction of sp³-hybridized carbons (Fsp3) is 0.222. The number of nitrogens with zero attached hydrogens (tertiary/aromatic N) is 2. The molecule has 0 aliphatic rings. The van der Waals surface area contributed by atoms with E-state index in [9.17, 15) is 9.59 Å². The van der Waals surface area contributed by atoms with E-state index in [1.54, 1.807) is 36.6 Å². The van der Waals surface area contributed by atoms with Crippen LogP contribution in [0.2, 0.25) is 5.02 Å². The zero-order valence-electron chi connectivity index (χ0n) is 15.0. The molecule has 2 heterocycles. The Morgan fingerprint density at radius 3 is 2.64 bits per heavy atom. The molecule has 0 spiro atoms. The van der Waals surface area contributed by atoms with E-state index in [1.807, 2.05) is 0 Å². The molecular weight excluding hydrogens is 422 g/mol. The fourth-order valence-corrected chi connectivity index (χ4v) is 3.90. The average molecular weight is 438 g/mol. The molecule has 146 valence electrons. The van der Waals surface area contributed by atoms with Crippen LogP contribution >= 0.6 is 34.3 Å². The fourth-order valence-electron chi connectivity index (χ4n) is 2.17. The summed E-state index contributed by atoms with van der Waals surface area (Å²) in [5.41, 5.74) is 1.15. The number of halogens is 1. The van der Waals surface area contributed by atoms with E-state index in [1.165, 1.54) is 29.6 Å². The van der Waals surface area contributed by atoms with Gasteiger partial charge in [-0.15, -0.1) is 22.7 Å². The van der Waals surface area contributed by atoms with Crippen LogP contribution in [-0.2, 0) is 22.7 Å². The van der Waals surface area contributed by atoms with E-state index < -0.39 is 5.97 Å². The Kier molecular flexibility index (Phi) is 6.61. The highest BCUT2D eigenvalue weighted by atomic mass is 35.5. The van der Waals surface area contributed by atoms with Crippen molar-refractivity contribution in [2.24, 2.45) is 0 Å². The zero-order valence-corrected chi connectivity index (χ0v) is 17.4. The summed E-state index contributed by atoms with van der Waals surface area (Å²) in [5, 5.41) is 6.08. The number of hydrogen-bond acceptors (Lipinski definition) is 8. The van der Waals surface area contributed by atoms with Gasteiger partial charge in [0.05, 0.1) is 11.4 Å². The molecule has 2 aromatic heterocycles. The molecule has 3 rings (SSSR count). The molecule has 0 saturated heterocycles. The van der Waals surface area contributed by atoms with Crippen molar-refractivity contribution in [3.8, 4) is 5.75 Å². The molecule has 0 aliphatic heterocycles. The summed E-state index contributed by atoms with van der Waals surface area (Å²) >= 11 is 8.34. The van der Waals surface area contributed by atoms with Gasteiger partial charge in [-0.3, -0.25) is 4.79 Å². The summed E-state index contributed by atoms with van der Waals surface area (Å²) in [6.07, 6.45) is 0. The molecule has 0 radical (unpaired) electrons. The van der Waals surface area contributed by atoms with Crippen LogP contribution in [0.5, 0.6) is 5.75 Å². The third-order valence-corrected chi connectivity index (χ3v) is 5.56. The van der Waals surface area contributed by atoms with Crippen molar-refractivity contribution in [1.29, 1.82) is 0 Å². The SMILES string of the molecule is CC(=O)Nc1nc(COC(=O)c2sc(COc3ccc(Cl)cc3)nc2C)cs1. The summed E-state index contributed by atoms with van der Waals surface area (Å²) < 4.78 is 11.0. The number of ether oxygens (including phenoxy) is 2. The monoisotopic (exact) mass is 437 g/mol. The number of esters is 1. The van der Waals surface area contributed by atoms with E-state index in [2.05, 4.69) is 15.3 Å². The molecule has 0 atom stereocenters. The van der Waals surface area contributed by atoms with Gasteiger partial charge in [0.2, 0.25) is 5.91 Å². The van der Waals surface area contributed by atoms with Crippen molar-refractivity contribution >= 4 is 51.3 Å². The summed E-state index contributed by atoms with van der Waals surface area (Å²) in [4.78, 5) is 32.3. The highest BCUT2D eigenvalue weighted by Gasteiger charge is 2.18. The maximum atomic E-state index is 12.3. The van der Waals surface area contributed by atoms with Crippen molar-refractivity contribution in [3.63, 3.8) is 0 Å². The standard InChI is InChI=1S/C18H16ClN3O4S2/c1-10-16(17(24)26-7-13-9-27-18(22-13)21-11(2)23)28-15(20-10)8-25-14-5-3-12(19)4-6-14/h3-6,9H,7-8H2,1-2H3,(H,21,22,23). The Bertz CT molecular complexity index is 985. The number of carbonyl (C=O) groups is 2. The number of nitrogens with one attached hydrogen (secondary N) is 1. The minimum absolute atomic E-state index is 0.0167. The van der Waals surface area contributed by atoms with Gasteiger partial charge >= 0.3 is 5.97 Å². The highest BCUT2D eigenvalue weighted by molar-refractivity contribution is 7.14. The third-order valence-electron chi connectivity index (χ3n) is 3.39. The number of aromatic nitrogens is 2. The van der Waals surface area contributed by atoms with E-state index in [0.717, 1.165) is 0 Å². The number of thiazole rings is 2. The summed E-state index contributed by atoms with van der Waals surface area (Å²) in [7, 11) is 0. The largest absolute Gasteiger partial charge is 0.486 e. The molecule has 3 aromatic rings. The van der Waals surface area contributed by atoms with Crippen LogP contribution in [0.15, 0.2) is 29.6 Å². The molecule has 0 fully saturated rings. The summed E-state index contributed by atoms with van der Waals surface area (Å²) in [6, 6.07) is 7.01. The van der Waals surface area contributed by atoms with Crippen LogP contribution in [0.4, 0.5) is 5.13 Å². The van der Waals surface area contributed by atoms with Crippen molar-refractivity contribution in [2.75, 3.05) is 5.32 Å². The van der Waals surface area contributed by atoms with Gasteiger partial charge in [0.1, 0.15) is 28.8 Å². The van der Waals surface area contributed by atoms with E-state index in [-0.39, 0.29) is 19.1 Å². The van der Waals surface area contributed by atoms with Crippen molar-refractivity contribution in [2.45, 2.75) is 27.1 Å². The third kappa shape index (κ3) is 5.51. The lowest BCUT2D eigenvalue weighted by molar-refractivity contribution is -0.114. The number of benzene rings is 1. The van der Waals surface area contributed by atoms with Gasteiger partial charge in [0.25, 0.3) is 0 Å². The Morgan fingerprint density at radius 1 is 1.18 bits per heavy atom. The maximum Gasteiger partial charge on any atom is 0.350 e. The van der Waals surface area contributed by atoms with Gasteiger partial charge in [-0.25, -0.2) is 14.8 Å². The molecular formula is C18H16ClN3O4S2. The minimum Gasteiger partial charge on any atom is -0.486 e. The molecule has 1 N–H and O–H groups in total. The van der Waals surface area contributed by atoms with Crippen LogP contribution in [0.25, 0.3) is 0 Å². The highest BCUT2D eigenvalue weighted by Crippen LogP contribution is 2.23. The average Bonchev–Trinajstić information content (AvgIpc) is 3.25. The molecule has 1 aromatic carbocycles. The van der Waals surface area contributed by atoms with Gasteiger partial charge in [-0.2, -0.15) is 0 Å². The molecule has 0 aliphatic carbocycles. The molecule has 7 nitrogen and oxygen atoms in total. The Hall–Kier alpha value is -2.49. The lowest BCUT2D eigenvalue weighted by Gasteiger charge is -2.03. The maximum absolute atomic E-state index is 12.3. The second-order valence-corrected chi connectivity index (χ2v) is 8.04. The second-order valence-electron chi connectivity index (χ2n) is 5.67. The summed E-state index contributed by atoms with van der Waals surface area (Å²) in [5.74, 6) is -0.00626. The van der Waals surface area contributed by atoms with Gasteiger partial charge in [-0.1, -0.05) is 11.6 Å². The normalized spacial score (nSPS) is 10.5. The Balaban J connectivity index is 1.55. The van der Waals surface area contributed by atoms with Gasteiger partial charge in [-0.05, 0) is 31.2 Å².